The van der Waals surface area contributed by atoms with Crippen molar-refractivity contribution >= 4 is 27.0 Å². The highest BCUT2D eigenvalue weighted by molar-refractivity contribution is 7.89. The van der Waals surface area contributed by atoms with Crippen molar-refractivity contribution in [3.8, 4) is 0 Å². The molecule has 1 fully saturated rings. The zero-order chi connectivity index (χ0) is 22.9. The number of imidazole rings is 1. The third kappa shape index (κ3) is 4.17. The van der Waals surface area contributed by atoms with Gasteiger partial charge in [0.1, 0.15) is 5.82 Å². The molecule has 2 atom stereocenters. The van der Waals surface area contributed by atoms with Gasteiger partial charge in [0.25, 0.3) is 5.91 Å². The molecule has 4 rings (SSSR count). The van der Waals surface area contributed by atoms with Crippen LogP contribution in [0.1, 0.15) is 62.3 Å². The molecule has 1 aliphatic heterocycles. The first kappa shape index (κ1) is 22.5. The smallest absolute Gasteiger partial charge is 0.251 e. The van der Waals surface area contributed by atoms with Crippen LogP contribution in [0.2, 0.25) is 0 Å². The standard InChI is InChI=1S/C24H30N4O3S/c1-4-27-22-11-6-5-10-21(22)26-23(27)18(3)25-24(29)19-12-14-20(15-13-19)32(30,31)28-16-8-7-9-17(28)2/h5-6,10-15,17-18H,4,7-9,16H2,1-3H3,(H,25,29)/t17-,18+/m0/s1. The molecule has 1 aromatic heterocycles. The molecule has 2 aromatic carbocycles. The summed E-state index contributed by atoms with van der Waals surface area (Å²) >= 11 is 0. The van der Waals surface area contributed by atoms with Gasteiger partial charge in [0.05, 0.1) is 22.0 Å². The van der Waals surface area contributed by atoms with Crippen molar-refractivity contribution in [2.24, 2.45) is 0 Å². The van der Waals surface area contributed by atoms with Gasteiger partial charge in [-0.25, -0.2) is 13.4 Å². The number of aromatic nitrogens is 2. The van der Waals surface area contributed by atoms with Crippen LogP contribution in [-0.2, 0) is 16.6 Å². The molecule has 32 heavy (non-hydrogen) atoms. The SMILES string of the molecule is CCn1c([C@@H](C)NC(=O)c2ccc(S(=O)(=O)N3CCCC[C@@H]3C)cc2)nc2ccccc21. The number of nitrogens with zero attached hydrogens (tertiary/aromatic N) is 3. The zero-order valence-corrected chi connectivity index (χ0v) is 19.6. The normalized spacial score (nSPS) is 18.5. The zero-order valence-electron chi connectivity index (χ0n) is 18.8. The maximum atomic E-state index is 13.0. The van der Waals surface area contributed by atoms with Gasteiger partial charge in [0.2, 0.25) is 10.0 Å². The van der Waals surface area contributed by atoms with Crippen molar-refractivity contribution in [3.63, 3.8) is 0 Å². The highest BCUT2D eigenvalue weighted by Crippen LogP contribution is 2.26. The topological polar surface area (TPSA) is 84.3 Å². The lowest BCUT2D eigenvalue weighted by Gasteiger charge is -2.32. The summed E-state index contributed by atoms with van der Waals surface area (Å²) in [7, 11) is -3.56. The third-order valence-corrected chi connectivity index (χ3v) is 8.23. The summed E-state index contributed by atoms with van der Waals surface area (Å²) in [5, 5.41) is 2.99. The molecule has 2 heterocycles. The van der Waals surface area contributed by atoms with Gasteiger partial charge in [-0.3, -0.25) is 4.79 Å². The van der Waals surface area contributed by atoms with E-state index in [9.17, 15) is 13.2 Å². The lowest BCUT2D eigenvalue weighted by atomic mass is 10.1. The second-order valence-electron chi connectivity index (χ2n) is 8.38. The van der Waals surface area contributed by atoms with Gasteiger partial charge in [0, 0.05) is 24.7 Å². The third-order valence-electron chi connectivity index (χ3n) is 6.20. The van der Waals surface area contributed by atoms with Crippen LogP contribution >= 0.6 is 0 Å². The molecule has 0 saturated carbocycles. The lowest BCUT2D eigenvalue weighted by Crippen LogP contribution is -2.41. The number of carbonyl (C=O) groups excluding carboxylic acids is 1. The van der Waals surface area contributed by atoms with Gasteiger partial charge < -0.3 is 9.88 Å². The number of piperidine rings is 1. The molecular formula is C24H30N4O3S. The van der Waals surface area contributed by atoms with E-state index < -0.39 is 10.0 Å². The number of nitrogens with one attached hydrogen (secondary N) is 1. The maximum Gasteiger partial charge on any atom is 0.251 e. The molecule has 1 amide bonds. The van der Waals surface area contributed by atoms with E-state index in [2.05, 4.69) is 16.8 Å². The van der Waals surface area contributed by atoms with Crippen LogP contribution in [0, 0.1) is 0 Å². The fraction of sp³-hybridized carbons (Fsp3) is 0.417. The Hall–Kier alpha value is -2.71. The summed E-state index contributed by atoms with van der Waals surface area (Å²) in [5.74, 6) is 0.530. The lowest BCUT2D eigenvalue weighted by molar-refractivity contribution is 0.0937. The first-order valence-electron chi connectivity index (χ1n) is 11.2. The molecule has 3 aromatic rings. The summed E-state index contributed by atoms with van der Waals surface area (Å²) in [6.45, 7) is 7.19. The molecular weight excluding hydrogens is 424 g/mol. The Balaban J connectivity index is 1.51. The number of hydrogen-bond acceptors (Lipinski definition) is 4. The minimum atomic E-state index is -3.56. The molecule has 0 unspecified atom stereocenters. The van der Waals surface area contributed by atoms with Gasteiger partial charge in [-0.05, 0) is 70.0 Å². The van der Waals surface area contributed by atoms with Crippen LogP contribution in [0.3, 0.4) is 0 Å². The molecule has 7 nitrogen and oxygen atoms in total. The van der Waals surface area contributed by atoms with Crippen LogP contribution < -0.4 is 5.32 Å². The van der Waals surface area contributed by atoms with Crippen LogP contribution in [0.5, 0.6) is 0 Å². The number of carbonyl (C=O) groups is 1. The monoisotopic (exact) mass is 454 g/mol. The number of sulfonamides is 1. The number of aryl methyl sites for hydroxylation is 1. The second-order valence-corrected chi connectivity index (χ2v) is 10.3. The highest BCUT2D eigenvalue weighted by Gasteiger charge is 2.31. The van der Waals surface area contributed by atoms with E-state index in [1.165, 1.54) is 12.1 Å². The van der Waals surface area contributed by atoms with Gasteiger partial charge in [-0.2, -0.15) is 4.31 Å². The first-order valence-corrected chi connectivity index (χ1v) is 12.6. The number of rotatable bonds is 6. The summed E-state index contributed by atoms with van der Waals surface area (Å²) in [5.41, 5.74) is 2.35. The van der Waals surface area contributed by atoms with Crippen molar-refractivity contribution in [2.45, 2.75) is 63.6 Å². The fourth-order valence-corrected chi connectivity index (χ4v) is 6.14. The number of benzene rings is 2. The molecule has 0 radical (unpaired) electrons. The van der Waals surface area contributed by atoms with Crippen molar-refractivity contribution < 1.29 is 13.2 Å². The fourth-order valence-electron chi connectivity index (χ4n) is 4.44. The van der Waals surface area contributed by atoms with Gasteiger partial charge in [-0.15, -0.1) is 0 Å². The molecule has 1 saturated heterocycles. The summed E-state index contributed by atoms with van der Waals surface area (Å²) in [4.78, 5) is 17.8. The van der Waals surface area contributed by atoms with E-state index in [1.807, 2.05) is 38.1 Å². The number of hydrogen-bond donors (Lipinski definition) is 1. The minimum Gasteiger partial charge on any atom is -0.342 e. The Bertz CT molecular complexity index is 1220. The van der Waals surface area contributed by atoms with Crippen molar-refractivity contribution in [2.75, 3.05) is 6.54 Å². The summed E-state index contributed by atoms with van der Waals surface area (Å²) < 4.78 is 29.7. The molecule has 0 spiro atoms. The number of amides is 1. The van der Waals surface area contributed by atoms with E-state index >= 15 is 0 Å². The molecule has 1 aliphatic rings. The molecule has 0 bridgehead atoms. The quantitative estimate of drug-likeness (QED) is 0.607. The summed E-state index contributed by atoms with van der Waals surface area (Å²) in [6.07, 6.45) is 2.81. The van der Waals surface area contributed by atoms with Crippen LogP contribution in [0.4, 0.5) is 0 Å². The van der Waals surface area contributed by atoms with Crippen LogP contribution in [0.25, 0.3) is 11.0 Å². The maximum absolute atomic E-state index is 13.0. The average Bonchev–Trinajstić information content (AvgIpc) is 3.18. The Kier molecular flexibility index (Phi) is 6.35. The van der Waals surface area contributed by atoms with Crippen molar-refractivity contribution in [1.82, 2.24) is 19.2 Å². The van der Waals surface area contributed by atoms with Crippen molar-refractivity contribution in [1.29, 1.82) is 0 Å². The van der Waals surface area contributed by atoms with Gasteiger partial charge >= 0.3 is 0 Å². The highest BCUT2D eigenvalue weighted by atomic mass is 32.2. The largest absolute Gasteiger partial charge is 0.342 e. The first-order chi connectivity index (χ1) is 15.3. The number of para-hydroxylation sites is 2. The Morgan fingerprint density at radius 2 is 1.88 bits per heavy atom. The van der Waals surface area contributed by atoms with E-state index in [1.54, 1.807) is 16.4 Å². The minimum absolute atomic E-state index is 0.00426. The Morgan fingerprint density at radius 1 is 1.16 bits per heavy atom. The molecule has 170 valence electrons. The molecule has 0 aliphatic carbocycles. The van der Waals surface area contributed by atoms with Gasteiger partial charge in [-0.1, -0.05) is 18.6 Å². The van der Waals surface area contributed by atoms with E-state index in [4.69, 9.17) is 4.98 Å². The Morgan fingerprint density at radius 3 is 2.56 bits per heavy atom. The van der Waals surface area contributed by atoms with Crippen LogP contribution in [-0.4, -0.2) is 40.8 Å². The summed E-state index contributed by atoms with van der Waals surface area (Å²) in [6, 6.07) is 13.8. The predicted octanol–water partition coefficient (Wildman–Crippen LogP) is 4.11. The van der Waals surface area contributed by atoms with Crippen LogP contribution in [0.15, 0.2) is 53.4 Å². The predicted molar refractivity (Wildman–Crippen MR) is 125 cm³/mol. The molecule has 8 heteroatoms. The average molecular weight is 455 g/mol. The van der Waals surface area contributed by atoms with Gasteiger partial charge in [0.15, 0.2) is 0 Å². The van der Waals surface area contributed by atoms with E-state index in [-0.39, 0.29) is 22.9 Å². The van der Waals surface area contributed by atoms with E-state index in [0.717, 1.165) is 42.7 Å². The molecule has 1 N–H and O–H groups in total. The van der Waals surface area contributed by atoms with E-state index in [0.29, 0.717) is 12.1 Å². The second kappa shape index (κ2) is 9.03. The number of fused-ring (bicyclic) bond motifs is 1. The Labute approximate surface area is 189 Å². The van der Waals surface area contributed by atoms with Crippen molar-refractivity contribution in [3.05, 3.63) is 59.9 Å².